The molecule has 0 saturated heterocycles. The Morgan fingerprint density at radius 3 is 2.60 bits per heavy atom. The van der Waals surface area contributed by atoms with Gasteiger partial charge in [0.25, 0.3) is 0 Å². The molecule has 1 fully saturated rings. The molecule has 2 nitrogen and oxygen atoms in total. The van der Waals surface area contributed by atoms with Crippen molar-refractivity contribution in [2.75, 3.05) is 0 Å². The zero-order chi connectivity index (χ0) is 7.56. The van der Waals surface area contributed by atoms with Crippen LogP contribution in [0.5, 0.6) is 0 Å². The fourth-order valence-electron chi connectivity index (χ4n) is 1.50. The van der Waals surface area contributed by atoms with Crippen LogP contribution < -0.4 is 0 Å². The van der Waals surface area contributed by atoms with Crippen molar-refractivity contribution in [3.05, 3.63) is 0 Å². The van der Waals surface area contributed by atoms with Gasteiger partial charge in [-0.05, 0) is 25.2 Å². The van der Waals surface area contributed by atoms with Crippen LogP contribution in [0.25, 0.3) is 0 Å². The minimum Gasteiger partial charge on any atom is -0.463 e. The highest BCUT2D eigenvalue weighted by molar-refractivity contribution is 5.66. The van der Waals surface area contributed by atoms with Crippen molar-refractivity contribution in [2.24, 2.45) is 5.92 Å². The van der Waals surface area contributed by atoms with Crippen LogP contribution in [0.1, 0.15) is 33.1 Å². The standard InChI is InChI=1S/C8H14O2/c1-6-3-4-8(5-6)10-7(2)9/h6,8H,3-5H2,1-2H3/t6-,8-/m1/s1. The Morgan fingerprint density at radius 2 is 2.20 bits per heavy atom. The maximum atomic E-state index is 10.5. The summed E-state index contributed by atoms with van der Waals surface area (Å²) in [5.74, 6) is 0.600. The molecule has 0 bridgehead atoms. The smallest absolute Gasteiger partial charge is 0.302 e. The predicted molar refractivity (Wildman–Crippen MR) is 38.6 cm³/mol. The summed E-state index contributed by atoms with van der Waals surface area (Å²) in [6.45, 7) is 3.67. The lowest BCUT2D eigenvalue weighted by molar-refractivity contribution is -0.146. The Labute approximate surface area is 61.6 Å². The Balaban J connectivity index is 2.24. The largest absolute Gasteiger partial charge is 0.463 e. The number of hydrogen-bond acceptors (Lipinski definition) is 2. The van der Waals surface area contributed by atoms with E-state index in [0.717, 1.165) is 18.8 Å². The first-order valence-electron chi connectivity index (χ1n) is 3.85. The van der Waals surface area contributed by atoms with E-state index in [1.165, 1.54) is 13.3 Å². The zero-order valence-corrected chi connectivity index (χ0v) is 6.59. The van der Waals surface area contributed by atoms with Crippen LogP contribution in [-0.2, 0) is 9.53 Å². The molecule has 10 heavy (non-hydrogen) atoms. The Hall–Kier alpha value is -0.530. The summed E-state index contributed by atoms with van der Waals surface area (Å²) in [5.41, 5.74) is 0. The Bertz CT molecular complexity index is 131. The van der Waals surface area contributed by atoms with E-state index >= 15 is 0 Å². The van der Waals surface area contributed by atoms with E-state index in [9.17, 15) is 4.79 Å². The number of ether oxygens (including phenoxy) is 1. The van der Waals surface area contributed by atoms with Gasteiger partial charge in [-0.25, -0.2) is 0 Å². The number of carbonyl (C=O) groups excluding carboxylic acids is 1. The molecule has 0 aromatic rings. The molecule has 1 saturated carbocycles. The van der Waals surface area contributed by atoms with Crippen molar-refractivity contribution in [1.82, 2.24) is 0 Å². The molecule has 0 spiro atoms. The van der Waals surface area contributed by atoms with Crippen molar-refractivity contribution in [2.45, 2.75) is 39.2 Å². The summed E-state index contributed by atoms with van der Waals surface area (Å²) in [6.07, 6.45) is 3.53. The molecule has 1 rings (SSSR count). The molecule has 1 aliphatic rings. The average Bonchev–Trinajstić information content (AvgIpc) is 2.13. The van der Waals surface area contributed by atoms with Crippen LogP contribution in [0.3, 0.4) is 0 Å². The van der Waals surface area contributed by atoms with Crippen LogP contribution in [-0.4, -0.2) is 12.1 Å². The molecule has 0 aromatic heterocycles. The van der Waals surface area contributed by atoms with E-state index in [-0.39, 0.29) is 12.1 Å². The topological polar surface area (TPSA) is 26.3 Å². The third-order valence-electron chi connectivity index (χ3n) is 1.98. The van der Waals surface area contributed by atoms with Gasteiger partial charge < -0.3 is 4.74 Å². The second-order valence-electron chi connectivity index (χ2n) is 3.15. The molecule has 0 N–H and O–H groups in total. The quantitative estimate of drug-likeness (QED) is 0.521. The minimum atomic E-state index is -0.140. The molecule has 0 aromatic carbocycles. The summed E-state index contributed by atoms with van der Waals surface area (Å²) in [5, 5.41) is 0. The molecule has 1 aliphatic carbocycles. The zero-order valence-electron chi connectivity index (χ0n) is 6.59. The van der Waals surface area contributed by atoms with Crippen LogP contribution in [0.4, 0.5) is 0 Å². The van der Waals surface area contributed by atoms with Crippen molar-refractivity contribution in [3.8, 4) is 0 Å². The van der Waals surface area contributed by atoms with Gasteiger partial charge in [-0.15, -0.1) is 0 Å². The van der Waals surface area contributed by atoms with Crippen LogP contribution >= 0.6 is 0 Å². The lowest BCUT2D eigenvalue weighted by Gasteiger charge is -2.08. The number of hydrogen-bond donors (Lipinski definition) is 0. The van der Waals surface area contributed by atoms with Gasteiger partial charge in [0.1, 0.15) is 6.10 Å². The molecule has 2 atom stereocenters. The van der Waals surface area contributed by atoms with E-state index in [0.29, 0.717) is 0 Å². The maximum absolute atomic E-state index is 10.5. The fourth-order valence-corrected chi connectivity index (χ4v) is 1.50. The van der Waals surface area contributed by atoms with Gasteiger partial charge in [-0.3, -0.25) is 4.79 Å². The van der Waals surface area contributed by atoms with Gasteiger partial charge in [-0.1, -0.05) is 6.92 Å². The predicted octanol–water partition coefficient (Wildman–Crippen LogP) is 1.74. The Kier molecular flexibility index (Phi) is 2.30. The fraction of sp³-hybridized carbons (Fsp3) is 0.875. The van der Waals surface area contributed by atoms with E-state index in [2.05, 4.69) is 6.92 Å². The molecule has 0 unspecified atom stereocenters. The third-order valence-corrected chi connectivity index (χ3v) is 1.98. The van der Waals surface area contributed by atoms with Gasteiger partial charge in [0.15, 0.2) is 0 Å². The lowest BCUT2D eigenvalue weighted by atomic mass is 10.1. The first kappa shape index (κ1) is 7.58. The highest BCUT2D eigenvalue weighted by atomic mass is 16.5. The molecule has 0 radical (unpaired) electrons. The average molecular weight is 142 g/mol. The molecular formula is C8H14O2. The molecular weight excluding hydrogens is 128 g/mol. The number of carbonyl (C=O) groups is 1. The molecule has 0 heterocycles. The second kappa shape index (κ2) is 3.04. The van der Waals surface area contributed by atoms with Gasteiger partial charge >= 0.3 is 5.97 Å². The second-order valence-corrected chi connectivity index (χ2v) is 3.15. The van der Waals surface area contributed by atoms with Gasteiger partial charge in [0.05, 0.1) is 0 Å². The van der Waals surface area contributed by atoms with Gasteiger partial charge in [0, 0.05) is 6.92 Å². The Morgan fingerprint density at radius 1 is 1.50 bits per heavy atom. The molecule has 2 heteroatoms. The van der Waals surface area contributed by atoms with Gasteiger partial charge in [0.2, 0.25) is 0 Å². The van der Waals surface area contributed by atoms with Crippen molar-refractivity contribution in [1.29, 1.82) is 0 Å². The summed E-state index contributed by atoms with van der Waals surface area (Å²) in [7, 11) is 0. The van der Waals surface area contributed by atoms with Crippen molar-refractivity contribution >= 4 is 5.97 Å². The van der Waals surface area contributed by atoms with E-state index in [1.54, 1.807) is 0 Å². The van der Waals surface area contributed by atoms with Crippen LogP contribution in [0.2, 0.25) is 0 Å². The van der Waals surface area contributed by atoms with E-state index < -0.39 is 0 Å². The monoisotopic (exact) mass is 142 g/mol. The van der Waals surface area contributed by atoms with E-state index in [1.807, 2.05) is 0 Å². The number of esters is 1. The van der Waals surface area contributed by atoms with Gasteiger partial charge in [-0.2, -0.15) is 0 Å². The van der Waals surface area contributed by atoms with Crippen LogP contribution in [0.15, 0.2) is 0 Å². The summed E-state index contributed by atoms with van der Waals surface area (Å²) < 4.78 is 5.04. The highest BCUT2D eigenvalue weighted by Gasteiger charge is 2.22. The molecule has 0 amide bonds. The summed E-state index contributed by atoms with van der Waals surface area (Å²) in [6, 6.07) is 0. The van der Waals surface area contributed by atoms with Crippen molar-refractivity contribution < 1.29 is 9.53 Å². The SMILES string of the molecule is CC(=O)O[C@@H]1CC[C@@H](C)C1. The minimum absolute atomic E-state index is 0.140. The summed E-state index contributed by atoms with van der Waals surface area (Å²) >= 11 is 0. The first-order chi connectivity index (χ1) is 4.68. The molecule has 58 valence electrons. The lowest BCUT2D eigenvalue weighted by Crippen LogP contribution is -2.11. The van der Waals surface area contributed by atoms with E-state index in [4.69, 9.17) is 4.74 Å². The van der Waals surface area contributed by atoms with Crippen molar-refractivity contribution in [3.63, 3.8) is 0 Å². The maximum Gasteiger partial charge on any atom is 0.302 e. The van der Waals surface area contributed by atoms with Crippen LogP contribution in [0, 0.1) is 5.92 Å². The summed E-state index contributed by atoms with van der Waals surface area (Å²) in [4.78, 5) is 10.5. The first-order valence-corrected chi connectivity index (χ1v) is 3.85. The molecule has 0 aliphatic heterocycles. The number of rotatable bonds is 1. The third kappa shape index (κ3) is 2.01. The highest BCUT2D eigenvalue weighted by Crippen LogP contribution is 2.26. The normalized spacial score (nSPS) is 32.2.